The number of esters is 1. The van der Waals surface area contributed by atoms with E-state index in [-0.39, 0.29) is 25.7 Å². The molecule has 1 aromatic rings. The molecule has 6 nitrogen and oxygen atoms in total. The first-order chi connectivity index (χ1) is 8.63. The number of aliphatic hydroxyl groups is 1. The third kappa shape index (κ3) is 2.28. The highest BCUT2D eigenvalue weighted by atomic mass is 16.5. The van der Waals surface area contributed by atoms with E-state index in [1.165, 1.54) is 11.0 Å². The average molecular weight is 251 g/mol. The number of anilines is 1. The number of carbonyl (C=O) groups is 2. The van der Waals surface area contributed by atoms with Crippen molar-refractivity contribution < 1.29 is 24.2 Å². The zero-order valence-electron chi connectivity index (χ0n) is 9.88. The van der Waals surface area contributed by atoms with Crippen LogP contribution in [-0.4, -0.2) is 43.9 Å². The summed E-state index contributed by atoms with van der Waals surface area (Å²) in [5.41, 5.74) is 0.844. The maximum atomic E-state index is 11.6. The van der Waals surface area contributed by atoms with Gasteiger partial charge in [-0.25, -0.2) is 4.79 Å². The van der Waals surface area contributed by atoms with E-state index in [9.17, 15) is 9.59 Å². The summed E-state index contributed by atoms with van der Waals surface area (Å²) < 4.78 is 10.0. The van der Waals surface area contributed by atoms with E-state index >= 15 is 0 Å². The van der Waals surface area contributed by atoms with E-state index in [4.69, 9.17) is 14.6 Å². The molecule has 0 radical (unpaired) electrons. The molecule has 1 aliphatic rings. The molecule has 2 rings (SSSR count). The van der Waals surface area contributed by atoms with Gasteiger partial charge in [-0.2, -0.15) is 0 Å². The molecule has 0 atom stereocenters. The van der Waals surface area contributed by atoms with Crippen molar-refractivity contribution in [1.82, 2.24) is 0 Å². The molecule has 1 heterocycles. The Morgan fingerprint density at radius 2 is 2.33 bits per heavy atom. The van der Waals surface area contributed by atoms with E-state index in [0.29, 0.717) is 17.0 Å². The van der Waals surface area contributed by atoms with Gasteiger partial charge in [0.15, 0.2) is 6.61 Å². The zero-order chi connectivity index (χ0) is 13.1. The molecule has 0 aromatic heterocycles. The second-order valence-electron chi connectivity index (χ2n) is 3.78. The third-order valence-electron chi connectivity index (χ3n) is 2.61. The van der Waals surface area contributed by atoms with Crippen LogP contribution in [0.2, 0.25) is 0 Å². The number of fused-ring (bicyclic) bond motifs is 1. The minimum Gasteiger partial charge on any atom is -0.482 e. The number of hydrogen-bond donors (Lipinski definition) is 1. The Morgan fingerprint density at radius 3 is 3.06 bits per heavy atom. The smallest absolute Gasteiger partial charge is 0.338 e. The van der Waals surface area contributed by atoms with Gasteiger partial charge >= 0.3 is 5.97 Å². The fourth-order valence-corrected chi connectivity index (χ4v) is 1.62. The number of amides is 1. The predicted octanol–water partition coefficient (Wildman–Crippen LogP) is 0.191. The van der Waals surface area contributed by atoms with Gasteiger partial charge in [-0.1, -0.05) is 0 Å². The molecule has 1 N–H and O–H groups in total. The van der Waals surface area contributed by atoms with Crippen molar-refractivity contribution in [2.45, 2.75) is 0 Å². The lowest BCUT2D eigenvalue weighted by Gasteiger charge is -2.26. The summed E-state index contributed by atoms with van der Waals surface area (Å²) in [6.45, 7) is -0.281. The molecule has 0 spiro atoms. The molecular weight excluding hydrogens is 238 g/mol. The van der Waals surface area contributed by atoms with Crippen molar-refractivity contribution in [1.29, 1.82) is 0 Å². The summed E-state index contributed by atoms with van der Waals surface area (Å²) in [6, 6.07) is 4.71. The molecule has 0 saturated carbocycles. The highest BCUT2D eigenvalue weighted by molar-refractivity contribution is 5.99. The third-order valence-corrected chi connectivity index (χ3v) is 2.61. The summed E-state index contributed by atoms with van der Waals surface area (Å²) >= 11 is 0. The number of likely N-dealkylation sites (N-methyl/N-ethyl adjacent to an activating group) is 1. The first kappa shape index (κ1) is 12.4. The van der Waals surface area contributed by atoms with Gasteiger partial charge in [-0.3, -0.25) is 4.79 Å². The summed E-state index contributed by atoms with van der Waals surface area (Å²) in [6.07, 6.45) is 0. The molecular formula is C12H13NO5. The number of ether oxygens (including phenoxy) is 2. The second-order valence-corrected chi connectivity index (χ2v) is 3.78. The van der Waals surface area contributed by atoms with Crippen LogP contribution in [0.15, 0.2) is 18.2 Å². The van der Waals surface area contributed by atoms with Crippen LogP contribution in [0.5, 0.6) is 5.75 Å². The topological polar surface area (TPSA) is 76.1 Å². The van der Waals surface area contributed by atoms with Gasteiger partial charge in [-0.15, -0.1) is 0 Å². The van der Waals surface area contributed by atoms with Crippen LogP contribution in [0.4, 0.5) is 5.69 Å². The molecule has 0 bridgehead atoms. The van der Waals surface area contributed by atoms with E-state index in [1.807, 2.05) is 0 Å². The minimum absolute atomic E-state index is 0.00218. The lowest BCUT2D eigenvalue weighted by Crippen LogP contribution is -2.35. The molecule has 18 heavy (non-hydrogen) atoms. The standard InChI is InChI=1S/C12H13NO5/c1-13-9-6-8(12(16)17-5-4-14)2-3-10(9)18-7-11(13)15/h2-3,6,14H,4-5,7H2,1H3. The van der Waals surface area contributed by atoms with Gasteiger partial charge in [0.25, 0.3) is 5.91 Å². The van der Waals surface area contributed by atoms with Gasteiger partial charge in [0.2, 0.25) is 0 Å². The predicted molar refractivity (Wildman–Crippen MR) is 62.7 cm³/mol. The maximum absolute atomic E-state index is 11.6. The Labute approximate surface area is 104 Å². The second kappa shape index (κ2) is 5.05. The lowest BCUT2D eigenvalue weighted by molar-refractivity contribution is -0.120. The Kier molecular flexibility index (Phi) is 3.47. The van der Waals surface area contributed by atoms with Crippen LogP contribution in [0.25, 0.3) is 0 Å². The van der Waals surface area contributed by atoms with Gasteiger partial charge < -0.3 is 19.5 Å². The SMILES string of the molecule is CN1C(=O)COc2ccc(C(=O)OCCO)cc21. The summed E-state index contributed by atoms with van der Waals surface area (Å²) in [5, 5.41) is 8.58. The van der Waals surface area contributed by atoms with Gasteiger partial charge in [0.05, 0.1) is 17.9 Å². The number of nitrogens with zero attached hydrogens (tertiary/aromatic N) is 1. The van der Waals surface area contributed by atoms with Gasteiger partial charge in [0.1, 0.15) is 12.4 Å². The molecule has 0 fully saturated rings. The van der Waals surface area contributed by atoms with Crippen molar-refractivity contribution in [2.75, 3.05) is 31.8 Å². The Morgan fingerprint density at radius 1 is 1.56 bits per heavy atom. The van der Waals surface area contributed by atoms with Crippen molar-refractivity contribution in [3.63, 3.8) is 0 Å². The Hall–Kier alpha value is -2.08. The van der Waals surface area contributed by atoms with Crippen LogP contribution in [0.1, 0.15) is 10.4 Å². The molecule has 0 aliphatic carbocycles. The van der Waals surface area contributed by atoms with Crippen molar-refractivity contribution >= 4 is 17.6 Å². The van der Waals surface area contributed by atoms with Crippen molar-refractivity contribution in [2.24, 2.45) is 0 Å². The quantitative estimate of drug-likeness (QED) is 0.776. The van der Waals surface area contributed by atoms with Gasteiger partial charge in [0, 0.05) is 7.05 Å². The first-order valence-corrected chi connectivity index (χ1v) is 5.45. The number of rotatable bonds is 3. The molecule has 1 aromatic carbocycles. The zero-order valence-corrected chi connectivity index (χ0v) is 9.88. The molecule has 1 amide bonds. The van der Waals surface area contributed by atoms with Crippen molar-refractivity contribution in [3.8, 4) is 5.75 Å². The number of carbonyl (C=O) groups excluding carboxylic acids is 2. The van der Waals surface area contributed by atoms with Gasteiger partial charge in [-0.05, 0) is 18.2 Å². The van der Waals surface area contributed by atoms with E-state index in [0.717, 1.165) is 0 Å². The highest BCUT2D eigenvalue weighted by Crippen LogP contribution is 2.32. The van der Waals surface area contributed by atoms with Crippen LogP contribution in [0.3, 0.4) is 0 Å². The monoisotopic (exact) mass is 251 g/mol. The largest absolute Gasteiger partial charge is 0.482 e. The minimum atomic E-state index is -0.543. The fourth-order valence-electron chi connectivity index (χ4n) is 1.62. The lowest BCUT2D eigenvalue weighted by atomic mass is 10.1. The molecule has 1 aliphatic heterocycles. The molecule has 96 valence electrons. The Balaban J connectivity index is 2.26. The van der Waals surface area contributed by atoms with Crippen molar-refractivity contribution in [3.05, 3.63) is 23.8 Å². The fraction of sp³-hybridized carbons (Fsp3) is 0.333. The average Bonchev–Trinajstić information content (AvgIpc) is 2.40. The molecule has 0 unspecified atom stereocenters. The molecule has 0 saturated heterocycles. The number of hydrogen-bond acceptors (Lipinski definition) is 5. The maximum Gasteiger partial charge on any atom is 0.338 e. The summed E-state index contributed by atoms with van der Waals surface area (Å²) in [7, 11) is 1.62. The van der Waals surface area contributed by atoms with E-state index < -0.39 is 5.97 Å². The van der Waals surface area contributed by atoms with Crippen LogP contribution < -0.4 is 9.64 Å². The highest BCUT2D eigenvalue weighted by Gasteiger charge is 2.23. The van der Waals surface area contributed by atoms with Crippen LogP contribution in [-0.2, 0) is 9.53 Å². The first-order valence-electron chi connectivity index (χ1n) is 5.45. The normalized spacial score (nSPS) is 13.9. The number of aliphatic hydroxyl groups excluding tert-OH is 1. The van der Waals surface area contributed by atoms with E-state index in [2.05, 4.69) is 0 Å². The van der Waals surface area contributed by atoms with Crippen LogP contribution in [0, 0.1) is 0 Å². The summed E-state index contributed by atoms with van der Waals surface area (Å²) in [4.78, 5) is 24.5. The van der Waals surface area contributed by atoms with Crippen LogP contribution >= 0.6 is 0 Å². The Bertz CT molecular complexity index is 485. The van der Waals surface area contributed by atoms with E-state index in [1.54, 1.807) is 19.2 Å². The summed E-state index contributed by atoms with van der Waals surface area (Å²) in [5.74, 6) is -0.169. The molecule has 6 heteroatoms. The number of benzene rings is 1.